The number of rotatable bonds is 1. The fraction of sp³-hybridized carbons (Fsp3) is 0.625. The van der Waals surface area contributed by atoms with Crippen molar-refractivity contribution < 1.29 is 4.39 Å². The van der Waals surface area contributed by atoms with Gasteiger partial charge in [0.25, 0.3) is 0 Å². The molecule has 0 N–H and O–H groups in total. The molecule has 0 amide bonds. The lowest BCUT2D eigenvalue weighted by atomic mass is 9.83. The summed E-state index contributed by atoms with van der Waals surface area (Å²) in [6.45, 7) is 1.96. The molecule has 1 aromatic heterocycles. The van der Waals surface area contributed by atoms with Gasteiger partial charge in [0.05, 0.1) is 0 Å². The van der Waals surface area contributed by atoms with Gasteiger partial charge >= 0.3 is 0 Å². The molecule has 60 valence electrons. The van der Waals surface area contributed by atoms with Crippen molar-refractivity contribution >= 4 is 11.3 Å². The van der Waals surface area contributed by atoms with Crippen LogP contribution in [0.5, 0.6) is 0 Å². The van der Waals surface area contributed by atoms with Crippen molar-refractivity contribution in [2.45, 2.75) is 31.9 Å². The summed E-state index contributed by atoms with van der Waals surface area (Å²) < 4.78 is 13.6. The van der Waals surface area contributed by atoms with Crippen molar-refractivity contribution in [3.05, 3.63) is 16.1 Å². The second kappa shape index (κ2) is 2.27. The van der Waals surface area contributed by atoms with Crippen molar-refractivity contribution in [3.63, 3.8) is 0 Å². The summed E-state index contributed by atoms with van der Waals surface area (Å²) in [5.74, 6) is 0. The van der Waals surface area contributed by atoms with E-state index >= 15 is 0 Å². The fourth-order valence-corrected chi connectivity index (χ4v) is 2.17. The molecule has 0 spiro atoms. The van der Waals surface area contributed by atoms with Crippen LogP contribution in [0.15, 0.2) is 6.20 Å². The minimum Gasteiger partial charge on any atom is -0.246 e. The first-order valence-corrected chi connectivity index (χ1v) is 4.64. The number of nitrogens with zero attached hydrogens (tertiary/aromatic N) is 1. The monoisotopic (exact) mass is 171 g/mol. The Morgan fingerprint density at radius 2 is 2.36 bits per heavy atom. The molecule has 1 fully saturated rings. The highest BCUT2D eigenvalue weighted by atomic mass is 32.1. The Labute approximate surface area is 69.3 Å². The van der Waals surface area contributed by atoms with E-state index in [-0.39, 0.29) is 0 Å². The first kappa shape index (κ1) is 7.22. The molecule has 11 heavy (non-hydrogen) atoms. The third kappa shape index (κ3) is 1.07. The third-order valence-electron chi connectivity index (χ3n) is 2.15. The zero-order valence-electron chi connectivity index (χ0n) is 6.43. The lowest BCUT2D eigenvalue weighted by Gasteiger charge is -2.31. The largest absolute Gasteiger partial charge is 0.246 e. The van der Waals surface area contributed by atoms with Gasteiger partial charge in [-0.25, -0.2) is 9.37 Å². The predicted molar refractivity (Wildman–Crippen MR) is 43.5 cm³/mol. The standard InChI is InChI=1S/C8H10FNS/c1-6-5-10-7(11-6)8(9)3-2-4-8/h5H,2-4H2,1H3. The number of aromatic nitrogens is 1. The smallest absolute Gasteiger partial charge is 0.162 e. The highest BCUT2D eigenvalue weighted by Crippen LogP contribution is 2.46. The number of hydrogen-bond donors (Lipinski definition) is 0. The average molecular weight is 171 g/mol. The summed E-state index contributed by atoms with van der Waals surface area (Å²) in [5.41, 5.74) is -1.06. The summed E-state index contributed by atoms with van der Waals surface area (Å²) in [7, 11) is 0. The maximum atomic E-state index is 13.6. The van der Waals surface area contributed by atoms with E-state index in [2.05, 4.69) is 4.98 Å². The van der Waals surface area contributed by atoms with E-state index in [0.29, 0.717) is 17.8 Å². The molecule has 0 unspecified atom stereocenters. The molecule has 1 nitrogen and oxygen atoms in total. The van der Waals surface area contributed by atoms with Crippen LogP contribution in [-0.2, 0) is 5.67 Å². The maximum Gasteiger partial charge on any atom is 0.162 e. The molecular formula is C8H10FNS. The number of alkyl halides is 1. The highest BCUT2D eigenvalue weighted by molar-refractivity contribution is 7.11. The maximum absolute atomic E-state index is 13.6. The molecule has 2 rings (SSSR count). The molecule has 0 atom stereocenters. The molecular weight excluding hydrogens is 161 g/mol. The second-order valence-electron chi connectivity index (χ2n) is 3.09. The Bertz CT molecular complexity index is 265. The van der Waals surface area contributed by atoms with E-state index in [1.165, 1.54) is 11.3 Å². The number of thiazole rings is 1. The van der Waals surface area contributed by atoms with Crippen LogP contribution in [0, 0.1) is 6.92 Å². The summed E-state index contributed by atoms with van der Waals surface area (Å²) in [6.07, 6.45) is 4.09. The number of halogens is 1. The lowest BCUT2D eigenvalue weighted by Crippen LogP contribution is -2.28. The number of aryl methyl sites for hydroxylation is 1. The Hall–Kier alpha value is -0.440. The Kier molecular flexibility index (Phi) is 1.49. The van der Waals surface area contributed by atoms with Crippen LogP contribution in [0.1, 0.15) is 29.1 Å². The van der Waals surface area contributed by atoms with Crippen LogP contribution >= 0.6 is 11.3 Å². The molecule has 1 saturated carbocycles. The molecule has 1 aromatic rings. The van der Waals surface area contributed by atoms with Crippen LogP contribution in [0.3, 0.4) is 0 Å². The zero-order valence-corrected chi connectivity index (χ0v) is 7.25. The van der Waals surface area contributed by atoms with Gasteiger partial charge in [-0.15, -0.1) is 11.3 Å². The Morgan fingerprint density at radius 1 is 1.64 bits per heavy atom. The van der Waals surface area contributed by atoms with Crippen molar-refractivity contribution in [3.8, 4) is 0 Å². The summed E-state index contributed by atoms with van der Waals surface area (Å²) >= 11 is 1.48. The number of hydrogen-bond acceptors (Lipinski definition) is 2. The SMILES string of the molecule is Cc1cnc(C2(F)CCC2)s1. The van der Waals surface area contributed by atoms with Gasteiger partial charge in [-0.05, 0) is 26.2 Å². The third-order valence-corrected chi connectivity index (χ3v) is 3.24. The first-order chi connectivity index (χ1) is 5.21. The van der Waals surface area contributed by atoms with E-state index in [0.717, 1.165) is 11.3 Å². The predicted octanol–water partition coefficient (Wildman–Crippen LogP) is 2.80. The summed E-state index contributed by atoms with van der Waals surface area (Å²) in [6, 6.07) is 0. The van der Waals surface area contributed by atoms with Crippen molar-refractivity contribution in [2.24, 2.45) is 0 Å². The minimum atomic E-state index is -1.06. The zero-order chi connectivity index (χ0) is 7.90. The van der Waals surface area contributed by atoms with Gasteiger partial charge in [-0.1, -0.05) is 0 Å². The van der Waals surface area contributed by atoms with Crippen LogP contribution in [-0.4, -0.2) is 4.98 Å². The first-order valence-electron chi connectivity index (χ1n) is 3.82. The van der Waals surface area contributed by atoms with Crippen molar-refractivity contribution in [1.82, 2.24) is 4.98 Å². The normalized spacial score (nSPS) is 21.3. The van der Waals surface area contributed by atoms with Gasteiger partial charge in [0, 0.05) is 11.1 Å². The van der Waals surface area contributed by atoms with Gasteiger partial charge in [0.1, 0.15) is 5.01 Å². The molecule has 0 aliphatic heterocycles. The van der Waals surface area contributed by atoms with E-state index in [9.17, 15) is 4.39 Å². The van der Waals surface area contributed by atoms with E-state index < -0.39 is 5.67 Å². The molecule has 3 heteroatoms. The van der Waals surface area contributed by atoms with Crippen LogP contribution < -0.4 is 0 Å². The molecule has 0 aromatic carbocycles. The average Bonchev–Trinajstić information content (AvgIpc) is 2.31. The van der Waals surface area contributed by atoms with Crippen LogP contribution in [0.25, 0.3) is 0 Å². The quantitative estimate of drug-likeness (QED) is 0.633. The minimum absolute atomic E-state index is 0.667. The van der Waals surface area contributed by atoms with Crippen molar-refractivity contribution in [2.75, 3.05) is 0 Å². The van der Waals surface area contributed by atoms with Gasteiger partial charge in [0.2, 0.25) is 0 Å². The molecule has 0 radical (unpaired) electrons. The van der Waals surface area contributed by atoms with Crippen LogP contribution in [0.2, 0.25) is 0 Å². The van der Waals surface area contributed by atoms with Gasteiger partial charge in [0.15, 0.2) is 5.67 Å². The van der Waals surface area contributed by atoms with Gasteiger partial charge < -0.3 is 0 Å². The van der Waals surface area contributed by atoms with E-state index in [4.69, 9.17) is 0 Å². The van der Waals surface area contributed by atoms with Gasteiger partial charge in [-0.3, -0.25) is 0 Å². The highest BCUT2D eigenvalue weighted by Gasteiger charge is 2.41. The molecule has 0 bridgehead atoms. The molecule has 1 aliphatic carbocycles. The molecule has 1 heterocycles. The summed E-state index contributed by atoms with van der Waals surface area (Å²) in [5, 5.41) is 0.682. The Morgan fingerprint density at radius 3 is 2.73 bits per heavy atom. The summed E-state index contributed by atoms with van der Waals surface area (Å²) in [4.78, 5) is 5.15. The molecule has 0 saturated heterocycles. The lowest BCUT2D eigenvalue weighted by molar-refractivity contribution is 0.0606. The van der Waals surface area contributed by atoms with E-state index in [1.807, 2.05) is 6.92 Å². The van der Waals surface area contributed by atoms with Crippen LogP contribution in [0.4, 0.5) is 4.39 Å². The van der Waals surface area contributed by atoms with Crippen molar-refractivity contribution in [1.29, 1.82) is 0 Å². The van der Waals surface area contributed by atoms with E-state index in [1.54, 1.807) is 6.20 Å². The topological polar surface area (TPSA) is 12.9 Å². The Balaban J connectivity index is 2.28. The van der Waals surface area contributed by atoms with Gasteiger partial charge in [-0.2, -0.15) is 0 Å². The fourth-order valence-electron chi connectivity index (χ4n) is 1.26. The second-order valence-corrected chi connectivity index (χ2v) is 4.33. The molecule has 1 aliphatic rings.